The summed E-state index contributed by atoms with van der Waals surface area (Å²) in [4.78, 5) is 0. The smallest absolute Gasteiger partial charge is 0.184 e. The van der Waals surface area contributed by atoms with Crippen LogP contribution in [0.2, 0.25) is 0 Å². The van der Waals surface area contributed by atoms with Gasteiger partial charge in [-0.3, -0.25) is 0 Å². The van der Waals surface area contributed by atoms with Crippen LogP contribution in [0.15, 0.2) is 30.3 Å². The third kappa shape index (κ3) is 2.52. The van der Waals surface area contributed by atoms with Crippen LogP contribution in [0.4, 0.5) is 0 Å². The summed E-state index contributed by atoms with van der Waals surface area (Å²) in [6.07, 6.45) is -1.98. The van der Waals surface area contributed by atoms with Gasteiger partial charge in [-0.2, -0.15) is 0 Å². The number of ether oxygens (including phenoxy) is 4. The van der Waals surface area contributed by atoms with Gasteiger partial charge in [0.1, 0.15) is 24.4 Å². The number of rotatable bonds is 2. The molecule has 1 aromatic carbocycles. The van der Waals surface area contributed by atoms with E-state index in [2.05, 4.69) is 0 Å². The summed E-state index contributed by atoms with van der Waals surface area (Å²) in [5.41, 5.74) is 0.955. The van der Waals surface area contributed by atoms with Crippen LogP contribution >= 0.6 is 0 Å². The first-order valence-electron chi connectivity index (χ1n) is 6.44. The van der Waals surface area contributed by atoms with Crippen molar-refractivity contribution in [2.45, 2.75) is 30.7 Å². The Bertz CT molecular complexity index is 410. The van der Waals surface area contributed by atoms with E-state index in [0.717, 1.165) is 5.56 Å². The largest absolute Gasteiger partial charge is 0.388 e. The Labute approximate surface area is 112 Å². The third-order valence-electron chi connectivity index (χ3n) is 3.59. The second-order valence-electron chi connectivity index (χ2n) is 4.82. The van der Waals surface area contributed by atoms with Crippen LogP contribution in [-0.4, -0.2) is 49.8 Å². The minimum atomic E-state index is -0.666. The van der Waals surface area contributed by atoms with Crippen molar-refractivity contribution in [2.75, 3.05) is 20.3 Å². The molecule has 1 unspecified atom stereocenters. The second kappa shape index (κ2) is 5.56. The lowest BCUT2D eigenvalue weighted by Gasteiger charge is -2.44. The summed E-state index contributed by atoms with van der Waals surface area (Å²) in [5, 5.41) is 9.89. The molecule has 5 nitrogen and oxygen atoms in total. The van der Waals surface area contributed by atoms with Crippen LogP contribution in [0.1, 0.15) is 11.9 Å². The van der Waals surface area contributed by atoms with Gasteiger partial charge in [-0.15, -0.1) is 0 Å². The van der Waals surface area contributed by atoms with E-state index >= 15 is 0 Å². The van der Waals surface area contributed by atoms with E-state index in [1.165, 1.54) is 0 Å². The molecular weight excluding hydrogens is 248 g/mol. The maximum absolute atomic E-state index is 9.89. The summed E-state index contributed by atoms with van der Waals surface area (Å²) in [6.45, 7) is 0.694. The first kappa shape index (κ1) is 13.0. The normalized spacial score (nSPS) is 38.7. The number of fused-ring (bicyclic) bond motifs is 1. The fourth-order valence-corrected chi connectivity index (χ4v) is 2.59. The van der Waals surface area contributed by atoms with Crippen molar-refractivity contribution in [1.82, 2.24) is 0 Å². The van der Waals surface area contributed by atoms with Crippen molar-refractivity contribution in [2.24, 2.45) is 0 Å². The molecule has 3 rings (SSSR count). The zero-order valence-electron chi connectivity index (χ0n) is 10.8. The average Bonchev–Trinajstić information content (AvgIpc) is 2.47. The van der Waals surface area contributed by atoms with Crippen molar-refractivity contribution in [3.63, 3.8) is 0 Å². The van der Waals surface area contributed by atoms with Gasteiger partial charge in [-0.1, -0.05) is 30.3 Å². The zero-order chi connectivity index (χ0) is 13.2. The molecule has 0 radical (unpaired) electrons. The molecule has 2 fully saturated rings. The molecular formula is C14H18O5. The molecule has 1 aromatic rings. The highest BCUT2D eigenvalue weighted by molar-refractivity contribution is 5.16. The van der Waals surface area contributed by atoms with Crippen molar-refractivity contribution >= 4 is 0 Å². The van der Waals surface area contributed by atoms with Crippen LogP contribution in [0.25, 0.3) is 0 Å². The molecule has 0 aliphatic carbocycles. The van der Waals surface area contributed by atoms with Gasteiger partial charge in [-0.25, -0.2) is 0 Å². The van der Waals surface area contributed by atoms with Crippen LogP contribution in [-0.2, 0) is 18.9 Å². The number of hydrogen-bond acceptors (Lipinski definition) is 5. The molecule has 1 N–H and O–H groups in total. The van der Waals surface area contributed by atoms with Crippen molar-refractivity contribution < 1.29 is 24.1 Å². The van der Waals surface area contributed by atoms with Crippen molar-refractivity contribution in [3.8, 4) is 0 Å². The fraction of sp³-hybridized carbons (Fsp3) is 0.571. The maximum Gasteiger partial charge on any atom is 0.184 e. The molecule has 0 aromatic heterocycles. The highest BCUT2D eigenvalue weighted by Crippen LogP contribution is 2.32. The maximum atomic E-state index is 9.89. The van der Waals surface area contributed by atoms with Crippen molar-refractivity contribution in [3.05, 3.63) is 35.9 Å². The van der Waals surface area contributed by atoms with Gasteiger partial charge in [0.25, 0.3) is 0 Å². The lowest BCUT2D eigenvalue weighted by molar-refractivity contribution is -0.316. The molecule has 0 saturated carbocycles. The summed E-state index contributed by atoms with van der Waals surface area (Å²) in [5.74, 6) is 0. The zero-order valence-corrected chi connectivity index (χ0v) is 10.8. The van der Waals surface area contributed by atoms with E-state index in [0.29, 0.717) is 6.61 Å². The Morgan fingerprint density at radius 3 is 2.68 bits per heavy atom. The lowest BCUT2D eigenvalue weighted by Crippen LogP contribution is -2.58. The van der Waals surface area contributed by atoms with Crippen LogP contribution in [0.3, 0.4) is 0 Å². The molecule has 5 atom stereocenters. The molecule has 2 aliphatic rings. The summed E-state index contributed by atoms with van der Waals surface area (Å²) in [7, 11) is 1.58. The Kier molecular flexibility index (Phi) is 3.81. The number of aliphatic hydroxyl groups is 1. The number of hydrogen-bond donors (Lipinski definition) is 1. The van der Waals surface area contributed by atoms with Gasteiger partial charge >= 0.3 is 0 Å². The fourth-order valence-electron chi connectivity index (χ4n) is 2.59. The monoisotopic (exact) mass is 266 g/mol. The van der Waals surface area contributed by atoms with E-state index in [1.807, 2.05) is 30.3 Å². The predicted octanol–water partition coefficient (Wildman–Crippen LogP) is 0.875. The lowest BCUT2D eigenvalue weighted by atomic mass is 9.99. The Morgan fingerprint density at radius 1 is 1.16 bits per heavy atom. The van der Waals surface area contributed by atoms with E-state index in [1.54, 1.807) is 7.11 Å². The third-order valence-corrected chi connectivity index (χ3v) is 3.59. The van der Waals surface area contributed by atoms with Gasteiger partial charge in [0.2, 0.25) is 0 Å². The molecule has 2 aliphatic heterocycles. The summed E-state index contributed by atoms with van der Waals surface area (Å²) in [6, 6.07) is 9.72. The highest BCUT2D eigenvalue weighted by atomic mass is 16.7. The Hall–Kier alpha value is -0.980. The molecule has 0 bridgehead atoms. The summed E-state index contributed by atoms with van der Waals surface area (Å²) < 4.78 is 22.5. The van der Waals surface area contributed by atoms with Crippen LogP contribution in [0.5, 0.6) is 0 Å². The summed E-state index contributed by atoms with van der Waals surface area (Å²) >= 11 is 0. The predicted molar refractivity (Wildman–Crippen MR) is 66.6 cm³/mol. The number of benzene rings is 1. The Morgan fingerprint density at radius 2 is 1.95 bits per heavy atom. The Balaban J connectivity index is 1.76. The first-order valence-corrected chi connectivity index (χ1v) is 6.44. The van der Waals surface area contributed by atoms with Gasteiger partial charge in [-0.05, 0) is 0 Å². The molecule has 19 heavy (non-hydrogen) atoms. The second-order valence-corrected chi connectivity index (χ2v) is 4.82. The highest BCUT2D eigenvalue weighted by Gasteiger charge is 2.45. The average molecular weight is 266 g/mol. The van der Waals surface area contributed by atoms with Gasteiger partial charge < -0.3 is 24.1 Å². The molecule has 5 heteroatoms. The van der Waals surface area contributed by atoms with E-state index in [9.17, 15) is 5.11 Å². The number of methoxy groups -OCH3 is 1. The SMILES string of the molecule is CO[C@@H]1[C@H]2OC(c3ccccc3)OC[C@@H]2OC[C@H]1O. The van der Waals surface area contributed by atoms with E-state index in [-0.39, 0.29) is 24.9 Å². The van der Waals surface area contributed by atoms with Crippen LogP contribution in [0, 0.1) is 0 Å². The van der Waals surface area contributed by atoms with Crippen molar-refractivity contribution in [1.29, 1.82) is 0 Å². The minimum absolute atomic E-state index is 0.187. The number of aliphatic hydroxyl groups excluding tert-OH is 1. The quantitative estimate of drug-likeness (QED) is 0.861. The first-order chi connectivity index (χ1) is 9.29. The molecule has 2 saturated heterocycles. The molecule has 104 valence electrons. The van der Waals surface area contributed by atoms with Gasteiger partial charge in [0.05, 0.1) is 13.2 Å². The molecule has 0 amide bonds. The topological polar surface area (TPSA) is 57.2 Å². The van der Waals surface area contributed by atoms with Gasteiger partial charge in [0, 0.05) is 12.7 Å². The molecule has 2 heterocycles. The molecule has 0 spiro atoms. The minimum Gasteiger partial charge on any atom is -0.388 e. The van der Waals surface area contributed by atoms with E-state index < -0.39 is 12.4 Å². The van der Waals surface area contributed by atoms with Crippen LogP contribution < -0.4 is 0 Å². The van der Waals surface area contributed by atoms with E-state index in [4.69, 9.17) is 18.9 Å². The standard InChI is InChI=1S/C14H18O5/c1-16-12-10(15)7-17-11-8-18-14(19-13(11)12)9-5-3-2-4-6-9/h2-6,10-15H,7-8H2,1H3/t10-,11+,12+,13+,14?/m1/s1. The van der Waals surface area contributed by atoms with Gasteiger partial charge in [0.15, 0.2) is 6.29 Å².